The van der Waals surface area contributed by atoms with Gasteiger partial charge in [0, 0.05) is 5.56 Å². The van der Waals surface area contributed by atoms with Gasteiger partial charge in [-0.2, -0.15) is 0 Å². The van der Waals surface area contributed by atoms with Crippen molar-refractivity contribution >= 4 is 29.6 Å². The molecule has 1 saturated heterocycles. The minimum atomic E-state index is -0.783. The lowest BCUT2D eigenvalue weighted by Crippen LogP contribution is -2.54. The van der Waals surface area contributed by atoms with Gasteiger partial charge in [0.1, 0.15) is 5.57 Å². The molecule has 0 atom stereocenters. The topological polar surface area (TPSA) is 84.9 Å². The lowest BCUT2D eigenvalue weighted by Gasteiger charge is -2.26. The zero-order valence-electron chi connectivity index (χ0n) is 18.2. The monoisotopic (exact) mass is 434 g/mol. The Morgan fingerprint density at radius 2 is 1.81 bits per heavy atom. The number of rotatable bonds is 9. The van der Waals surface area contributed by atoms with Gasteiger partial charge in [0.15, 0.2) is 11.5 Å². The molecule has 1 aliphatic rings. The van der Waals surface area contributed by atoms with Crippen LogP contribution in [0.1, 0.15) is 31.4 Å². The van der Waals surface area contributed by atoms with E-state index in [0.29, 0.717) is 42.4 Å². The molecule has 32 heavy (non-hydrogen) atoms. The van der Waals surface area contributed by atoms with Crippen molar-refractivity contribution in [1.29, 1.82) is 0 Å². The Balaban J connectivity index is 2.06. The van der Waals surface area contributed by atoms with Gasteiger partial charge in [-0.05, 0) is 55.7 Å². The summed E-state index contributed by atoms with van der Waals surface area (Å²) in [4.78, 5) is 38.9. The summed E-state index contributed by atoms with van der Waals surface area (Å²) < 4.78 is 11.7. The first-order chi connectivity index (χ1) is 15.5. The Labute approximate surface area is 187 Å². The van der Waals surface area contributed by atoms with Crippen molar-refractivity contribution in [3.8, 4) is 11.5 Å². The van der Waals surface area contributed by atoms with Crippen LogP contribution < -0.4 is 19.7 Å². The number of amides is 4. The number of hydrogen-bond donors (Lipinski definition) is 1. The number of nitrogens with one attached hydrogen (secondary N) is 1. The third-order valence-corrected chi connectivity index (χ3v) is 4.70. The zero-order chi connectivity index (χ0) is 23.1. The maximum absolute atomic E-state index is 13.1. The summed E-state index contributed by atoms with van der Waals surface area (Å²) in [6, 6.07) is 11.2. The van der Waals surface area contributed by atoms with E-state index in [0.717, 1.165) is 16.9 Å². The fraction of sp³-hybridized carbons (Fsp3) is 0.240. The third-order valence-electron chi connectivity index (χ3n) is 4.70. The number of carbonyl (C=O) groups excluding carboxylic acids is 3. The fourth-order valence-electron chi connectivity index (χ4n) is 3.34. The Bertz CT molecular complexity index is 1060. The first-order valence-electron chi connectivity index (χ1n) is 10.5. The predicted octanol–water partition coefficient (Wildman–Crippen LogP) is 4.27. The first kappa shape index (κ1) is 22.8. The van der Waals surface area contributed by atoms with E-state index in [-0.39, 0.29) is 5.57 Å². The second-order valence-corrected chi connectivity index (χ2v) is 7.07. The lowest BCUT2D eigenvalue weighted by molar-refractivity contribution is -0.122. The fourth-order valence-corrected chi connectivity index (χ4v) is 3.34. The maximum Gasteiger partial charge on any atom is 0.335 e. The quantitative estimate of drug-likeness (QED) is 0.362. The van der Waals surface area contributed by atoms with Gasteiger partial charge in [-0.3, -0.25) is 14.9 Å². The second-order valence-electron chi connectivity index (χ2n) is 7.07. The van der Waals surface area contributed by atoms with Crippen LogP contribution in [0, 0.1) is 0 Å². The molecule has 166 valence electrons. The Kier molecular flexibility index (Phi) is 7.44. The molecule has 0 bridgehead atoms. The van der Waals surface area contributed by atoms with Crippen LogP contribution in [0.4, 0.5) is 10.5 Å². The van der Waals surface area contributed by atoms with E-state index in [2.05, 4.69) is 11.9 Å². The predicted molar refractivity (Wildman–Crippen MR) is 123 cm³/mol. The van der Waals surface area contributed by atoms with Crippen molar-refractivity contribution in [1.82, 2.24) is 5.32 Å². The number of nitrogens with zero attached hydrogens (tertiary/aromatic N) is 1. The molecule has 1 aliphatic heterocycles. The van der Waals surface area contributed by atoms with Gasteiger partial charge in [0.2, 0.25) is 0 Å². The van der Waals surface area contributed by atoms with Crippen LogP contribution in [0.2, 0.25) is 0 Å². The van der Waals surface area contributed by atoms with Crippen molar-refractivity contribution in [3.63, 3.8) is 0 Å². The molecule has 0 aromatic heterocycles. The molecule has 4 amide bonds. The SMILES string of the molecule is C=CCc1cc(/C=C2\C(=O)NC(=O)N(c3ccccc3)C2=O)cc(OCC)c1OCCC. The summed E-state index contributed by atoms with van der Waals surface area (Å²) in [5.41, 5.74) is 1.63. The highest BCUT2D eigenvalue weighted by Gasteiger charge is 2.36. The third kappa shape index (κ3) is 4.88. The summed E-state index contributed by atoms with van der Waals surface area (Å²) in [5.74, 6) is -0.302. The molecule has 0 spiro atoms. The number of allylic oxidation sites excluding steroid dienone is 1. The van der Waals surface area contributed by atoms with Crippen molar-refractivity contribution in [3.05, 3.63) is 71.8 Å². The number of imide groups is 2. The number of barbiturate groups is 1. The molecule has 1 N–H and O–H groups in total. The van der Waals surface area contributed by atoms with Crippen molar-refractivity contribution in [2.75, 3.05) is 18.1 Å². The molecule has 1 fully saturated rings. The number of carbonyl (C=O) groups is 3. The highest BCUT2D eigenvalue weighted by Crippen LogP contribution is 2.35. The van der Waals surface area contributed by atoms with Crippen LogP contribution in [0.3, 0.4) is 0 Å². The Morgan fingerprint density at radius 3 is 2.47 bits per heavy atom. The number of para-hydroxylation sites is 1. The van der Waals surface area contributed by atoms with Gasteiger partial charge in [0.25, 0.3) is 11.8 Å². The van der Waals surface area contributed by atoms with E-state index in [1.165, 1.54) is 6.08 Å². The van der Waals surface area contributed by atoms with Crippen LogP contribution in [0.25, 0.3) is 6.08 Å². The number of benzene rings is 2. The van der Waals surface area contributed by atoms with Crippen molar-refractivity contribution in [2.45, 2.75) is 26.7 Å². The van der Waals surface area contributed by atoms with Gasteiger partial charge in [0.05, 0.1) is 18.9 Å². The van der Waals surface area contributed by atoms with Gasteiger partial charge in [-0.25, -0.2) is 9.69 Å². The van der Waals surface area contributed by atoms with Crippen molar-refractivity contribution in [2.24, 2.45) is 0 Å². The highest BCUT2D eigenvalue weighted by atomic mass is 16.5. The average molecular weight is 434 g/mol. The smallest absolute Gasteiger partial charge is 0.335 e. The molecule has 0 radical (unpaired) electrons. The highest BCUT2D eigenvalue weighted by molar-refractivity contribution is 6.39. The van der Waals surface area contributed by atoms with Crippen LogP contribution >= 0.6 is 0 Å². The van der Waals surface area contributed by atoms with Crippen molar-refractivity contribution < 1.29 is 23.9 Å². The maximum atomic E-state index is 13.1. The van der Waals surface area contributed by atoms with Crippen LogP contribution in [0.15, 0.2) is 60.7 Å². The molecule has 0 saturated carbocycles. The second kappa shape index (κ2) is 10.4. The summed E-state index contributed by atoms with van der Waals surface area (Å²) in [6.45, 7) is 8.63. The lowest BCUT2D eigenvalue weighted by atomic mass is 10.0. The number of urea groups is 1. The van der Waals surface area contributed by atoms with Gasteiger partial charge in [-0.15, -0.1) is 6.58 Å². The molecular weight excluding hydrogens is 408 g/mol. The van der Waals surface area contributed by atoms with E-state index in [1.807, 2.05) is 19.9 Å². The molecule has 2 aromatic carbocycles. The summed E-state index contributed by atoms with van der Waals surface area (Å²) in [7, 11) is 0. The standard InChI is InChI=1S/C25H26N2O5/c1-4-10-18-14-17(16-21(31-6-3)22(18)32-13-5-2)15-20-23(28)26-25(30)27(24(20)29)19-11-8-7-9-12-19/h4,7-9,11-12,14-16H,1,5-6,10,13H2,2-3H3,(H,26,28,30)/b20-15+. The number of ether oxygens (including phenoxy) is 2. The van der Waals surface area contributed by atoms with Gasteiger partial charge >= 0.3 is 6.03 Å². The minimum Gasteiger partial charge on any atom is -0.490 e. The summed E-state index contributed by atoms with van der Waals surface area (Å²) >= 11 is 0. The van der Waals surface area contributed by atoms with E-state index in [1.54, 1.807) is 42.5 Å². The normalized spacial score (nSPS) is 15.0. The molecule has 3 rings (SSSR count). The molecule has 1 heterocycles. The zero-order valence-corrected chi connectivity index (χ0v) is 18.2. The number of hydrogen-bond acceptors (Lipinski definition) is 5. The van der Waals surface area contributed by atoms with Gasteiger partial charge in [-0.1, -0.05) is 31.2 Å². The molecule has 0 aliphatic carbocycles. The summed E-state index contributed by atoms with van der Waals surface area (Å²) in [6.07, 6.45) is 4.56. The van der Waals surface area contributed by atoms with E-state index in [9.17, 15) is 14.4 Å². The minimum absolute atomic E-state index is 0.150. The van der Waals surface area contributed by atoms with E-state index < -0.39 is 17.8 Å². The summed E-state index contributed by atoms with van der Waals surface area (Å²) in [5, 5.41) is 2.23. The first-order valence-corrected chi connectivity index (χ1v) is 10.5. The van der Waals surface area contributed by atoms with E-state index in [4.69, 9.17) is 9.47 Å². The molecule has 2 aromatic rings. The van der Waals surface area contributed by atoms with E-state index >= 15 is 0 Å². The Hall–Kier alpha value is -3.87. The molecule has 7 heteroatoms. The Morgan fingerprint density at radius 1 is 1.06 bits per heavy atom. The van der Waals surface area contributed by atoms with Gasteiger partial charge < -0.3 is 9.47 Å². The van der Waals surface area contributed by atoms with Crippen LogP contribution in [-0.4, -0.2) is 31.1 Å². The molecular formula is C25H26N2O5. The number of anilines is 1. The molecule has 7 nitrogen and oxygen atoms in total. The van der Waals surface area contributed by atoms with Crippen LogP contribution in [-0.2, 0) is 16.0 Å². The molecule has 0 unspecified atom stereocenters. The van der Waals surface area contributed by atoms with Crippen LogP contribution in [0.5, 0.6) is 11.5 Å². The average Bonchev–Trinajstić information content (AvgIpc) is 2.77. The largest absolute Gasteiger partial charge is 0.490 e.